The fourth-order valence-electron chi connectivity index (χ4n) is 2.91. The van der Waals surface area contributed by atoms with Crippen LogP contribution in [0.3, 0.4) is 0 Å². The minimum absolute atomic E-state index is 0. The Hall–Kier alpha value is -0.820. The van der Waals surface area contributed by atoms with E-state index < -0.39 is 0 Å². The summed E-state index contributed by atoms with van der Waals surface area (Å²) in [4.78, 5) is 6.74. The smallest absolute Gasteiger partial charge is 0.194 e. The van der Waals surface area contributed by atoms with Crippen LogP contribution in [0.5, 0.6) is 0 Å². The van der Waals surface area contributed by atoms with Gasteiger partial charge in [0.2, 0.25) is 0 Å². The topological polar surface area (TPSA) is 47.9 Å². The molecule has 1 heterocycles. The Bertz CT molecular complexity index is 480. The first kappa shape index (κ1) is 16.5. The molecule has 2 unspecified atom stereocenters. The number of aliphatic imine (C=N–C) groups is 1. The summed E-state index contributed by atoms with van der Waals surface area (Å²) in [6.07, 6.45) is 1.81. The van der Waals surface area contributed by atoms with E-state index in [1.54, 1.807) is 0 Å². The van der Waals surface area contributed by atoms with Gasteiger partial charge in [0.05, 0.1) is 6.10 Å². The Morgan fingerprint density at radius 2 is 2.14 bits per heavy atom. The predicted molar refractivity (Wildman–Crippen MR) is 96.3 cm³/mol. The highest BCUT2D eigenvalue weighted by Crippen LogP contribution is 2.40. The number of likely N-dealkylation sites (tertiary alicyclic amines) is 1. The number of aliphatic hydroxyl groups excluding tert-OH is 1. The van der Waals surface area contributed by atoms with Gasteiger partial charge in [0.1, 0.15) is 0 Å². The van der Waals surface area contributed by atoms with E-state index in [1.165, 1.54) is 12.0 Å². The summed E-state index contributed by atoms with van der Waals surface area (Å²) in [5.41, 5.74) is 1.40. The lowest BCUT2D eigenvalue weighted by molar-refractivity contribution is 0.187. The Morgan fingerprint density at radius 3 is 2.76 bits per heavy atom. The third-order valence-corrected chi connectivity index (χ3v) is 4.10. The van der Waals surface area contributed by atoms with Crippen LogP contribution in [0.1, 0.15) is 31.2 Å². The number of hydrogen-bond acceptors (Lipinski definition) is 2. The first-order valence-corrected chi connectivity index (χ1v) is 7.57. The van der Waals surface area contributed by atoms with E-state index in [0.717, 1.165) is 25.5 Å². The third kappa shape index (κ3) is 4.10. The largest absolute Gasteiger partial charge is 0.391 e. The van der Waals surface area contributed by atoms with Gasteiger partial charge in [0, 0.05) is 31.6 Å². The van der Waals surface area contributed by atoms with Crippen molar-refractivity contribution >= 4 is 29.9 Å². The van der Waals surface area contributed by atoms with Crippen molar-refractivity contribution in [2.75, 3.05) is 19.6 Å². The van der Waals surface area contributed by atoms with Crippen molar-refractivity contribution in [1.82, 2.24) is 10.2 Å². The molecule has 4 nitrogen and oxygen atoms in total. The zero-order valence-corrected chi connectivity index (χ0v) is 14.7. The van der Waals surface area contributed by atoms with Crippen LogP contribution in [0.2, 0.25) is 0 Å². The second kappa shape index (κ2) is 7.45. The molecule has 1 aliphatic heterocycles. The second-order valence-corrected chi connectivity index (χ2v) is 5.69. The van der Waals surface area contributed by atoms with Crippen molar-refractivity contribution in [2.24, 2.45) is 4.99 Å². The quantitative estimate of drug-likeness (QED) is 0.464. The van der Waals surface area contributed by atoms with Crippen LogP contribution in [0, 0.1) is 0 Å². The number of aliphatic hydroxyl groups is 1. The number of guanidine groups is 1. The molecule has 0 spiro atoms. The van der Waals surface area contributed by atoms with Gasteiger partial charge < -0.3 is 15.3 Å². The first-order valence-electron chi connectivity index (χ1n) is 7.57. The van der Waals surface area contributed by atoms with Gasteiger partial charge in [-0.05, 0) is 25.3 Å². The molecule has 3 atom stereocenters. The van der Waals surface area contributed by atoms with E-state index in [0.29, 0.717) is 18.5 Å². The van der Waals surface area contributed by atoms with Crippen LogP contribution in [0.25, 0.3) is 0 Å². The average molecular weight is 401 g/mol. The molecule has 0 amide bonds. The Balaban J connectivity index is 0.00000161. The maximum absolute atomic E-state index is 9.67. The van der Waals surface area contributed by atoms with Crippen molar-refractivity contribution in [3.05, 3.63) is 35.9 Å². The number of benzene rings is 1. The van der Waals surface area contributed by atoms with Crippen molar-refractivity contribution in [3.8, 4) is 0 Å². The highest BCUT2D eigenvalue weighted by molar-refractivity contribution is 14.0. The van der Waals surface area contributed by atoms with Gasteiger partial charge in [0.25, 0.3) is 0 Å². The Kier molecular flexibility index (Phi) is 5.87. The number of nitrogens with zero attached hydrogens (tertiary/aromatic N) is 2. The number of halogens is 1. The summed E-state index contributed by atoms with van der Waals surface area (Å²) >= 11 is 0. The van der Waals surface area contributed by atoms with Crippen molar-refractivity contribution in [3.63, 3.8) is 0 Å². The van der Waals surface area contributed by atoms with Crippen LogP contribution < -0.4 is 5.32 Å². The van der Waals surface area contributed by atoms with Crippen LogP contribution in [0.15, 0.2) is 35.3 Å². The molecule has 0 aromatic heterocycles. The molecule has 116 valence electrons. The van der Waals surface area contributed by atoms with E-state index in [4.69, 9.17) is 0 Å². The summed E-state index contributed by atoms with van der Waals surface area (Å²) in [7, 11) is 0. The number of nitrogens with one attached hydrogen (secondary N) is 1. The van der Waals surface area contributed by atoms with Gasteiger partial charge in [-0.15, -0.1) is 24.0 Å². The highest BCUT2D eigenvalue weighted by Gasteiger charge is 2.40. The van der Waals surface area contributed by atoms with Crippen molar-refractivity contribution in [1.29, 1.82) is 0 Å². The van der Waals surface area contributed by atoms with Crippen LogP contribution >= 0.6 is 24.0 Å². The standard InChI is InChI=1S/C16H23N3O.HI/c1-2-17-16(19-9-8-13(20)11-19)18-15-10-14(15)12-6-4-3-5-7-12;/h3-7,13-15,20H,2,8-11H2,1H3,(H,17,18);1H/t13-,14?,15?;/m1./s1. The van der Waals surface area contributed by atoms with E-state index in [9.17, 15) is 5.11 Å². The van der Waals surface area contributed by atoms with Gasteiger partial charge in [-0.25, -0.2) is 0 Å². The van der Waals surface area contributed by atoms with Gasteiger partial charge in [-0.3, -0.25) is 4.99 Å². The summed E-state index contributed by atoms with van der Waals surface area (Å²) in [6, 6.07) is 11.1. The second-order valence-electron chi connectivity index (χ2n) is 5.69. The molecule has 21 heavy (non-hydrogen) atoms. The third-order valence-electron chi connectivity index (χ3n) is 4.10. The summed E-state index contributed by atoms with van der Waals surface area (Å²) < 4.78 is 0. The Labute approximate surface area is 143 Å². The van der Waals surface area contributed by atoms with Crippen molar-refractivity contribution < 1.29 is 5.11 Å². The molecule has 5 heteroatoms. The fraction of sp³-hybridized carbons (Fsp3) is 0.562. The van der Waals surface area contributed by atoms with Gasteiger partial charge in [-0.1, -0.05) is 30.3 Å². The lowest BCUT2D eigenvalue weighted by Gasteiger charge is -2.21. The zero-order valence-electron chi connectivity index (χ0n) is 12.4. The van der Waals surface area contributed by atoms with E-state index in [1.807, 2.05) is 0 Å². The Morgan fingerprint density at radius 1 is 1.38 bits per heavy atom. The highest BCUT2D eigenvalue weighted by atomic mass is 127. The molecule has 1 saturated carbocycles. The van der Waals surface area contributed by atoms with E-state index in [-0.39, 0.29) is 30.1 Å². The molecule has 2 fully saturated rings. The molecular formula is C16H24IN3O. The molecule has 1 aliphatic carbocycles. The van der Waals surface area contributed by atoms with Gasteiger partial charge >= 0.3 is 0 Å². The van der Waals surface area contributed by atoms with Gasteiger partial charge in [0.15, 0.2) is 5.96 Å². The number of β-amino-alcohol motifs (C(OH)–C–C–N with tert-alkyl or cyclic N) is 1. The molecule has 0 bridgehead atoms. The first-order chi connectivity index (χ1) is 9.78. The summed E-state index contributed by atoms with van der Waals surface area (Å²) in [5.74, 6) is 1.57. The van der Waals surface area contributed by atoms with Crippen LogP contribution in [-0.4, -0.2) is 47.7 Å². The summed E-state index contributed by atoms with van der Waals surface area (Å²) in [5, 5.41) is 13.2. The minimum atomic E-state index is -0.206. The predicted octanol–water partition coefficient (Wildman–Crippen LogP) is 2.19. The monoisotopic (exact) mass is 401 g/mol. The van der Waals surface area contributed by atoms with E-state index in [2.05, 4.69) is 52.5 Å². The average Bonchev–Trinajstić information content (AvgIpc) is 3.11. The molecular weight excluding hydrogens is 377 g/mol. The minimum Gasteiger partial charge on any atom is -0.391 e. The van der Waals surface area contributed by atoms with Gasteiger partial charge in [-0.2, -0.15) is 0 Å². The van der Waals surface area contributed by atoms with Crippen LogP contribution in [0.4, 0.5) is 0 Å². The fourth-order valence-corrected chi connectivity index (χ4v) is 2.91. The lowest BCUT2D eigenvalue weighted by atomic mass is 10.1. The molecule has 2 aliphatic rings. The molecule has 0 radical (unpaired) electrons. The van der Waals surface area contributed by atoms with Crippen LogP contribution in [-0.2, 0) is 0 Å². The summed E-state index contributed by atoms with van der Waals surface area (Å²) in [6.45, 7) is 4.43. The molecule has 3 rings (SSSR count). The number of rotatable bonds is 3. The molecule has 1 saturated heterocycles. The lowest BCUT2D eigenvalue weighted by Crippen LogP contribution is -2.42. The van der Waals surface area contributed by atoms with Crippen molar-refractivity contribution in [2.45, 2.75) is 37.8 Å². The SMILES string of the molecule is CCN=C(NC1CC1c1ccccc1)N1CC[C@@H](O)C1.I. The number of hydrogen-bond donors (Lipinski definition) is 2. The molecule has 2 N–H and O–H groups in total. The molecule has 1 aromatic carbocycles. The maximum Gasteiger partial charge on any atom is 0.194 e. The van der Waals surface area contributed by atoms with E-state index >= 15 is 0 Å². The maximum atomic E-state index is 9.67. The molecule has 1 aromatic rings. The normalized spacial score (nSPS) is 28.2. The zero-order chi connectivity index (χ0) is 13.9.